The van der Waals surface area contributed by atoms with Gasteiger partial charge in [0.25, 0.3) is 0 Å². The Labute approximate surface area is 237 Å². The van der Waals surface area contributed by atoms with Crippen molar-refractivity contribution in [1.29, 1.82) is 0 Å². The summed E-state index contributed by atoms with van der Waals surface area (Å²) >= 11 is 0. The number of benzene rings is 2. The van der Waals surface area contributed by atoms with E-state index < -0.39 is 0 Å². The summed E-state index contributed by atoms with van der Waals surface area (Å²) in [6.07, 6.45) is 3.94. The lowest BCUT2D eigenvalue weighted by molar-refractivity contribution is -0.152. The van der Waals surface area contributed by atoms with E-state index in [4.69, 9.17) is 5.10 Å². The van der Waals surface area contributed by atoms with Crippen LogP contribution in [-0.4, -0.2) is 73.6 Å². The summed E-state index contributed by atoms with van der Waals surface area (Å²) in [5.41, 5.74) is 3.78. The maximum absolute atomic E-state index is 15.6. The molecule has 2 aromatic heterocycles. The molecule has 0 N–H and O–H groups in total. The minimum Gasteiger partial charge on any atom is -0.344 e. The van der Waals surface area contributed by atoms with Crippen LogP contribution in [0.1, 0.15) is 51.1 Å². The van der Waals surface area contributed by atoms with Crippen LogP contribution < -0.4 is 0 Å². The molecule has 0 radical (unpaired) electrons. The molecule has 2 aromatic carbocycles. The Morgan fingerprint density at radius 2 is 1.85 bits per heavy atom. The van der Waals surface area contributed by atoms with Crippen LogP contribution in [0.4, 0.5) is 4.39 Å². The molecule has 41 heavy (non-hydrogen) atoms. The number of carbonyl (C=O) groups excluding carboxylic acids is 3. The third-order valence-electron chi connectivity index (χ3n) is 8.96. The number of hydrogen-bond acceptors (Lipinski definition) is 5. The number of likely N-dealkylation sites (tertiary alicyclic amines) is 1. The predicted molar refractivity (Wildman–Crippen MR) is 154 cm³/mol. The molecule has 2 aliphatic rings. The molecular formula is C31H35FN6O3. The fraction of sp³-hybridized carbons (Fsp3) is 0.452. The molecule has 1 saturated heterocycles. The van der Waals surface area contributed by atoms with Gasteiger partial charge in [-0.3, -0.25) is 19.0 Å². The monoisotopic (exact) mass is 558 g/mol. The molecule has 9 nitrogen and oxygen atoms in total. The fourth-order valence-corrected chi connectivity index (χ4v) is 6.51. The molecule has 10 heteroatoms. The van der Waals surface area contributed by atoms with Crippen LogP contribution in [0.5, 0.6) is 0 Å². The van der Waals surface area contributed by atoms with Crippen LogP contribution >= 0.6 is 0 Å². The molecule has 3 heterocycles. The lowest BCUT2D eigenvalue weighted by Gasteiger charge is -2.59. The van der Waals surface area contributed by atoms with Gasteiger partial charge in [-0.25, -0.2) is 4.39 Å². The van der Waals surface area contributed by atoms with Crippen molar-refractivity contribution in [1.82, 2.24) is 29.4 Å². The van der Waals surface area contributed by atoms with Crippen molar-refractivity contribution in [3.05, 3.63) is 48.0 Å². The molecule has 2 fully saturated rings. The molecule has 1 aliphatic carbocycles. The van der Waals surface area contributed by atoms with Crippen molar-refractivity contribution in [2.24, 2.45) is 12.5 Å². The van der Waals surface area contributed by atoms with Crippen molar-refractivity contribution >= 4 is 39.4 Å². The SMILES string of the molecule is CCN(C)C(=O)Cn1nc(C2CC3(C2)CN(C(=O)CCC(C)=O)C3)c2c(-c3cc4c(cnn4C)cc3F)cccc21. The van der Waals surface area contributed by atoms with Gasteiger partial charge in [0.2, 0.25) is 11.8 Å². The highest BCUT2D eigenvalue weighted by Gasteiger charge is 2.54. The van der Waals surface area contributed by atoms with Gasteiger partial charge in [0.1, 0.15) is 18.1 Å². The van der Waals surface area contributed by atoms with Crippen molar-refractivity contribution in [2.75, 3.05) is 26.7 Å². The molecule has 0 bridgehead atoms. The maximum atomic E-state index is 15.6. The standard InChI is InChI=1S/C31H35FN6O3/c1-5-35(3)28(41)16-38-25-8-6-7-22(23-12-26-20(11-24(23)32)15-33-36(26)4)29(25)30(34-38)21-13-31(14-21)17-37(18-31)27(40)10-9-19(2)39/h6-8,11-12,15,21H,5,9-10,13-14,16-18H2,1-4H3. The zero-order valence-corrected chi connectivity index (χ0v) is 24.0. The number of aryl methyl sites for hydroxylation is 1. The molecular weight excluding hydrogens is 523 g/mol. The van der Waals surface area contributed by atoms with E-state index >= 15 is 4.39 Å². The van der Waals surface area contributed by atoms with Crippen LogP contribution in [0.15, 0.2) is 36.5 Å². The Balaban J connectivity index is 1.35. The summed E-state index contributed by atoms with van der Waals surface area (Å²) in [5.74, 6) is -0.177. The molecule has 6 rings (SSSR count). The van der Waals surface area contributed by atoms with Gasteiger partial charge in [0, 0.05) is 74.2 Å². The summed E-state index contributed by atoms with van der Waals surface area (Å²) in [5, 5.41) is 10.9. The van der Waals surface area contributed by atoms with Gasteiger partial charge in [-0.15, -0.1) is 0 Å². The second-order valence-electron chi connectivity index (χ2n) is 11.9. The number of fused-ring (bicyclic) bond motifs is 2. The molecule has 0 unspecified atom stereocenters. The summed E-state index contributed by atoms with van der Waals surface area (Å²) in [6, 6.07) is 9.11. The molecule has 1 aliphatic heterocycles. The van der Waals surface area contributed by atoms with Gasteiger partial charge in [-0.2, -0.15) is 10.2 Å². The second kappa shape index (κ2) is 10.1. The van der Waals surface area contributed by atoms with E-state index in [9.17, 15) is 14.4 Å². The number of Topliss-reactive ketones (excluding diaryl/α,β-unsaturated/α-hetero) is 1. The highest BCUT2D eigenvalue weighted by molar-refractivity contribution is 6.00. The van der Waals surface area contributed by atoms with Crippen molar-refractivity contribution in [3.63, 3.8) is 0 Å². The Hall–Kier alpha value is -4.08. The van der Waals surface area contributed by atoms with Crippen LogP contribution in [0.2, 0.25) is 0 Å². The van der Waals surface area contributed by atoms with E-state index in [1.165, 1.54) is 13.0 Å². The first-order valence-corrected chi connectivity index (χ1v) is 14.2. The van der Waals surface area contributed by atoms with E-state index in [2.05, 4.69) is 5.10 Å². The lowest BCUT2D eigenvalue weighted by atomic mass is 9.56. The summed E-state index contributed by atoms with van der Waals surface area (Å²) < 4.78 is 19.1. The Bertz CT molecular complexity index is 1690. The van der Waals surface area contributed by atoms with Gasteiger partial charge in [0.05, 0.1) is 22.9 Å². The Morgan fingerprint density at radius 3 is 2.56 bits per heavy atom. The topological polar surface area (TPSA) is 93.3 Å². The molecule has 214 valence electrons. The van der Waals surface area contributed by atoms with Gasteiger partial charge in [0.15, 0.2) is 0 Å². The van der Waals surface area contributed by atoms with Gasteiger partial charge < -0.3 is 14.6 Å². The Morgan fingerprint density at radius 1 is 1.10 bits per heavy atom. The number of nitrogens with zero attached hydrogens (tertiary/aromatic N) is 6. The van der Waals surface area contributed by atoms with Crippen molar-refractivity contribution in [3.8, 4) is 11.1 Å². The zero-order valence-electron chi connectivity index (χ0n) is 24.0. The minimum atomic E-state index is -0.331. The zero-order chi connectivity index (χ0) is 29.1. The molecule has 0 atom stereocenters. The van der Waals surface area contributed by atoms with E-state index in [0.717, 1.165) is 45.9 Å². The number of hydrogen-bond donors (Lipinski definition) is 0. The number of aromatic nitrogens is 4. The number of halogens is 1. The Kier molecular flexibility index (Phi) is 6.66. The number of ketones is 1. The summed E-state index contributed by atoms with van der Waals surface area (Å²) in [4.78, 5) is 40.2. The van der Waals surface area contributed by atoms with Crippen LogP contribution in [0, 0.1) is 11.2 Å². The third kappa shape index (κ3) is 4.69. The molecule has 4 aromatic rings. The highest BCUT2D eigenvalue weighted by atomic mass is 19.1. The van der Waals surface area contributed by atoms with E-state index in [1.54, 1.807) is 27.5 Å². The third-order valence-corrected chi connectivity index (χ3v) is 8.96. The minimum absolute atomic E-state index is 0.0261. The molecule has 1 saturated carbocycles. The average Bonchev–Trinajstić information content (AvgIpc) is 3.44. The maximum Gasteiger partial charge on any atom is 0.244 e. The molecule has 2 amide bonds. The first-order valence-electron chi connectivity index (χ1n) is 14.2. The van der Waals surface area contributed by atoms with Gasteiger partial charge >= 0.3 is 0 Å². The normalized spacial score (nSPS) is 16.3. The van der Waals surface area contributed by atoms with Crippen molar-refractivity contribution < 1.29 is 18.8 Å². The largest absolute Gasteiger partial charge is 0.344 e. The number of carbonyl (C=O) groups is 3. The fourth-order valence-electron chi connectivity index (χ4n) is 6.51. The summed E-state index contributed by atoms with van der Waals surface area (Å²) in [6.45, 7) is 5.52. The quantitative estimate of drug-likeness (QED) is 0.322. The first kappa shape index (κ1) is 27.1. The van der Waals surface area contributed by atoms with E-state index in [-0.39, 0.29) is 54.1 Å². The van der Waals surface area contributed by atoms with Gasteiger partial charge in [-0.05, 0) is 50.5 Å². The van der Waals surface area contributed by atoms with Crippen LogP contribution in [0.3, 0.4) is 0 Å². The summed E-state index contributed by atoms with van der Waals surface area (Å²) in [7, 11) is 3.61. The van der Waals surface area contributed by atoms with Gasteiger partial charge in [-0.1, -0.05) is 12.1 Å². The predicted octanol–water partition coefficient (Wildman–Crippen LogP) is 4.28. The molecule has 1 spiro atoms. The van der Waals surface area contributed by atoms with E-state index in [1.807, 2.05) is 43.1 Å². The van der Waals surface area contributed by atoms with Crippen LogP contribution in [0.25, 0.3) is 32.9 Å². The lowest BCUT2D eigenvalue weighted by Crippen LogP contribution is -2.63. The van der Waals surface area contributed by atoms with E-state index in [0.29, 0.717) is 25.2 Å². The smallest absolute Gasteiger partial charge is 0.244 e. The number of amides is 2. The first-order chi connectivity index (χ1) is 19.6. The highest BCUT2D eigenvalue weighted by Crippen LogP contribution is 2.57. The number of rotatable bonds is 8. The number of likely N-dealkylation sites (N-methyl/N-ethyl adjacent to an activating group) is 1. The average molecular weight is 559 g/mol. The van der Waals surface area contributed by atoms with Crippen LogP contribution in [-0.2, 0) is 28.0 Å². The van der Waals surface area contributed by atoms with Crippen molar-refractivity contribution in [2.45, 2.75) is 52.0 Å². The second-order valence-corrected chi connectivity index (χ2v) is 11.9.